The van der Waals surface area contributed by atoms with E-state index >= 15 is 0 Å². The summed E-state index contributed by atoms with van der Waals surface area (Å²) in [5.74, 6) is 0.630. The Bertz CT molecular complexity index is 1050. The Kier molecular flexibility index (Phi) is 4.01. The van der Waals surface area contributed by atoms with E-state index in [0.717, 1.165) is 25.2 Å². The highest BCUT2D eigenvalue weighted by Gasteiger charge is 2.37. The third-order valence-corrected chi connectivity index (χ3v) is 5.51. The first-order valence-corrected chi connectivity index (χ1v) is 9.18. The van der Waals surface area contributed by atoms with E-state index in [1.807, 2.05) is 10.6 Å². The normalized spacial score (nSPS) is 23.2. The Morgan fingerprint density at radius 2 is 2.11 bits per heavy atom. The van der Waals surface area contributed by atoms with Gasteiger partial charge < -0.3 is 15.2 Å². The lowest BCUT2D eigenvalue weighted by molar-refractivity contribution is 0.0922. The van der Waals surface area contributed by atoms with E-state index in [-0.39, 0.29) is 35.2 Å². The minimum absolute atomic E-state index is 0.0251. The van der Waals surface area contributed by atoms with Crippen LogP contribution < -0.4 is 16.2 Å². The van der Waals surface area contributed by atoms with Crippen molar-refractivity contribution >= 4 is 5.91 Å². The van der Waals surface area contributed by atoms with Crippen LogP contribution in [0.1, 0.15) is 34.7 Å². The van der Waals surface area contributed by atoms with Crippen molar-refractivity contribution in [3.8, 4) is 5.95 Å². The van der Waals surface area contributed by atoms with E-state index in [1.165, 1.54) is 17.2 Å². The molecule has 0 saturated carbocycles. The van der Waals surface area contributed by atoms with Gasteiger partial charge in [0.25, 0.3) is 17.4 Å². The number of amides is 1. The first-order chi connectivity index (χ1) is 13.7. The molecule has 11 nitrogen and oxygen atoms in total. The Hall–Kier alpha value is -3.34. The van der Waals surface area contributed by atoms with Gasteiger partial charge in [-0.15, -0.1) is 15.3 Å². The molecule has 1 amide bonds. The zero-order valence-corrected chi connectivity index (χ0v) is 14.9. The standard InChI is InChI=1S/C17H19N9O2/c27-14-3-1-2-12-10-4-11(6-18-5-10)13(26(12)14)7-19-16(28)15-22-17(24-23-15)25-8-20-21-9-25/h1-3,8-11,13,18H,4-7H2,(H,19,28)(H,22,23,24)/t10-,11+,13+/m1/s1. The van der Waals surface area contributed by atoms with Crippen LogP contribution in [0.15, 0.2) is 35.6 Å². The fourth-order valence-electron chi connectivity index (χ4n) is 4.22. The quantitative estimate of drug-likeness (QED) is 0.540. The van der Waals surface area contributed by atoms with Gasteiger partial charge in [-0.3, -0.25) is 19.3 Å². The number of H-pyrrole nitrogens is 1. The van der Waals surface area contributed by atoms with Crippen LogP contribution in [0, 0.1) is 5.92 Å². The lowest BCUT2D eigenvalue weighted by Crippen LogP contribution is -2.50. The van der Waals surface area contributed by atoms with Gasteiger partial charge in [0.1, 0.15) is 12.7 Å². The molecule has 144 valence electrons. The molecule has 3 aromatic heterocycles. The summed E-state index contributed by atoms with van der Waals surface area (Å²) in [5, 5.41) is 20.3. The number of fused-ring (bicyclic) bond motifs is 4. The summed E-state index contributed by atoms with van der Waals surface area (Å²) in [4.78, 5) is 29.3. The molecule has 1 saturated heterocycles. The zero-order chi connectivity index (χ0) is 19.1. The summed E-state index contributed by atoms with van der Waals surface area (Å²) in [7, 11) is 0. The Balaban J connectivity index is 1.36. The number of aromatic amines is 1. The highest BCUT2D eigenvalue weighted by molar-refractivity contribution is 5.90. The monoisotopic (exact) mass is 381 g/mol. The third kappa shape index (κ3) is 2.80. The zero-order valence-electron chi connectivity index (χ0n) is 14.9. The van der Waals surface area contributed by atoms with E-state index in [4.69, 9.17) is 0 Å². The molecular formula is C17H19N9O2. The van der Waals surface area contributed by atoms with Gasteiger partial charge in [-0.25, -0.2) is 0 Å². The highest BCUT2D eigenvalue weighted by atomic mass is 16.2. The molecule has 2 aliphatic rings. The molecule has 2 bridgehead atoms. The van der Waals surface area contributed by atoms with Crippen molar-refractivity contribution in [2.45, 2.75) is 18.4 Å². The van der Waals surface area contributed by atoms with Crippen LogP contribution in [0.2, 0.25) is 0 Å². The highest BCUT2D eigenvalue weighted by Crippen LogP contribution is 2.38. The Labute approximate surface area is 159 Å². The maximum atomic E-state index is 12.6. The second-order valence-electron chi connectivity index (χ2n) is 7.14. The first kappa shape index (κ1) is 16.8. The SMILES string of the molecule is O=C(NC[C@H]1[C@@H]2CNC[C@@H](C2)c2cccc(=O)n21)c1nc(-n2cnnc2)n[nH]1. The van der Waals surface area contributed by atoms with Gasteiger partial charge in [-0.2, -0.15) is 4.98 Å². The number of rotatable bonds is 4. The summed E-state index contributed by atoms with van der Waals surface area (Å²) in [6, 6.07) is 5.29. The second-order valence-corrected chi connectivity index (χ2v) is 7.14. The molecule has 0 spiro atoms. The smallest absolute Gasteiger partial charge is 0.288 e. The maximum absolute atomic E-state index is 12.6. The molecular weight excluding hydrogens is 362 g/mol. The molecule has 0 radical (unpaired) electrons. The van der Waals surface area contributed by atoms with Gasteiger partial charge in [0.2, 0.25) is 5.82 Å². The lowest BCUT2D eigenvalue weighted by Gasteiger charge is -2.43. The van der Waals surface area contributed by atoms with Crippen molar-refractivity contribution in [3.63, 3.8) is 0 Å². The molecule has 0 aromatic carbocycles. The fraction of sp³-hybridized carbons (Fsp3) is 0.412. The van der Waals surface area contributed by atoms with E-state index in [9.17, 15) is 9.59 Å². The van der Waals surface area contributed by atoms with Crippen LogP contribution in [0.4, 0.5) is 0 Å². The molecule has 11 heteroatoms. The molecule has 2 aliphatic heterocycles. The van der Waals surface area contributed by atoms with Crippen molar-refractivity contribution in [2.24, 2.45) is 5.92 Å². The summed E-state index contributed by atoms with van der Waals surface area (Å²) in [6.45, 7) is 2.05. The summed E-state index contributed by atoms with van der Waals surface area (Å²) in [5.41, 5.74) is 1.01. The van der Waals surface area contributed by atoms with Crippen molar-refractivity contribution in [1.82, 2.24) is 45.1 Å². The predicted octanol–water partition coefficient (Wildman–Crippen LogP) is -0.775. The summed E-state index contributed by atoms with van der Waals surface area (Å²) >= 11 is 0. The number of aromatic nitrogens is 7. The van der Waals surface area contributed by atoms with E-state index in [1.54, 1.807) is 12.1 Å². The van der Waals surface area contributed by atoms with E-state index < -0.39 is 0 Å². The lowest BCUT2D eigenvalue weighted by atomic mass is 9.79. The Morgan fingerprint density at radius 3 is 2.96 bits per heavy atom. The van der Waals surface area contributed by atoms with Crippen molar-refractivity contribution in [2.75, 3.05) is 19.6 Å². The van der Waals surface area contributed by atoms with Crippen LogP contribution >= 0.6 is 0 Å². The minimum atomic E-state index is -0.372. The minimum Gasteiger partial charge on any atom is -0.347 e. The number of carbonyl (C=O) groups excluding carboxylic acids is 1. The number of carbonyl (C=O) groups is 1. The van der Waals surface area contributed by atoms with Gasteiger partial charge in [0, 0.05) is 37.3 Å². The van der Waals surface area contributed by atoms with Crippen LogP contribution in [-0.4, -0.2) is 60.1 Å². The molecule has 0 unspecified atom stereocenters. The topological polar surface area (TPSA) is 135 Å². The average molecular weight is 381 g/mol. The second kappa shape index (κ2) is 6.68. The maximum Gasteiger partial charge on any atom is 0.288 e. The first-order valence-electron chi connectivity index (χ1n) is 9.18. The summed E-state index contributed by atoms with van der Waals surface area (Å²) < 4.78 is 3.35. The van der Waals surface area contributed by atoms with Crippen molar-refractivity contribution < 1.29 is 4.79 Å². The van der Waals surface area contributed by atoms with Gasteiger partial charge >= 0.3 is 0 Å². The third-order valence-electron chi connectivity index (χ3n) is 5.51. The predicted molar refractivity (Wildman–Crippen MR) is 97.1 cm³/mol. The van der Waals surface area contributed by atoms with Gasteiger partial charge in [0.15, 0.2) is 0 Å². The molecule has 1 fully saturated rings. The van der Waals surface area contributed by atoms with Crippen molar-refractivity contribution in [1.29, 1.82) is 0 Å². The molecule has 5 rings (SSSR count). The van der Waals surface area contributed by atoms with E-state index in [0.29, 0.717) is 12.5 Å². The number of pyridine rings is 1. The number of nitrogens with one attached hydrogen (secondary N) is 3. The molecule has 28 heavy (non-hydrogen) atoms. The number of piperidine rings is 1. The van der Waals surface area contributed by atoms with Crippen molar-refractivity contribution in [3.05, 3.63) is 52.7 Å². The van der Waals surface area contributed by atoms with Crippen LogP contribution in [-0.2, 0) is 0 Å². The molecule has 0 aliphatic carbocycles. The van der Waals surface area contributed by atoms with Gasteiger partial charge in [-0.05, 0) is 18.4 Å². The number of hydrogen-bond acceptors (Lipinski definition) is 7. The molecule has 3 aromatic rings. The molecule has 3 atom stereocenters. The fourth-order valence-corrected chi connectivity index (χ4v) is 4.22. The number of hydrogen-bond donors (Lipinski definition) is 3. The molecule has 3 N–H and O–H groups in total. The van der Waals surface area contributed by atoms with Gasteiger partial charge in [-0.1, -0.05) is 6.07 Å². The molecule has 5 heterocycles. The van der Waals surface area contributed by atoms with Crippen LogP contribution in [0.3, 0.4) is 0 Å². The number of nitrogens with zero attached hydrogens (tertiary/aromatic N) is 6. The van der Waals surface area contributed by atoms with Crippen LogP contribution in [0.5, 0.6) is 0 Å². The Morgan fingerprint density at radius 1 is 1.25 bits per heavy atom. The van der Waals surface area contributed by atoms with Gasteiger partial charge in [0.05, 0.1) is 6.04 Å². The largest absolute Gasteiger partial charge is 0.347 e. The summed E-state index contributed by atoms with van der Waals surface area (Å²) in [6.07, 6.45) is 3.91. The van der Waals surface area contributed by atoms with E-state index in [2.05, 4.69) is 36.0 Å². The van der Waals surface area contributed by atoms with Crippen LogP contribution in [0.25, 0.3) is 5.95 Å². The average Bonchev–Trinajstić information content (AvgIpc) is 3.40.